The number of carbonyl (C=O) groups is 1. The van der Waals surface area contributed by atoms with E-state index in [4.69, 9.17) is 9.47 Å². The summed E-state index contributed by atoms with van der Waals surface area (Å²) in [7, 11) is 1.39. The molecule has 0 aromatic heterocycles. The van der Waals surface area contributed by atoms with Crippen LogP contribution >= 0.6 is 15.9 Å². The van der Waals surface area contributed by atoms with Gasteiger partial charge in [0.1, 0.15) is 12.4 Å². The van der Waals surface area contributed by atoms with Crippen molar-refractivity contribution in [1.82, 2.24) is 0 Å². The first-order valence-corrected chi connectivity index (χ1v) is 6.84. The van der Waals surface area contributed by atoms with Crippen molar-refractivity contribution in [2.24, 2.45) is 0 Å². The van der Waals surface area contributed by atoms with Crippen LogP contribution in [0.15, 0.2) is 52.2 Å². The lowest BCUT2D eigenvalue weighted by atomic mass is 10.0. The summed E-state index contributed by atoms with van der Waals surface area (Å²) in [5.74, 6) is 0.593. The van der Waals surface area contributed by atoms with Gasteiger partial charge in [-0.2, -0.15) is 0 Å². The van der Waals surface area contributed by atoms with Crippen molar-refractivity contribution >= 4 is 21.9 Å². The van der Waals surface area contributed by atoms with Gasteiger partial charge >= 0.3 is 5.97 Å². The van der Waals surface area contributed by atoms with Crippen LogP contribution in [0.2, 0.25) is 0 Å². The fourth-order valence-electron chi connectivity index (χ4n) is 1.85. The van der Waals surface area contributed by atoms with E-state index in [-0.39, 0.29) is 5.97 Å². The van der Waals surface area contributed by atoms with Gasteiger partial charge < -0.3 is 9.47 Å². The summed E-state index contributed by atoms with van der Waals surface area (Å²) in [5, 5.41) is 0. The van der Waals surface area contributed by atoms with Gasteiger partial charge in [0, 0.05) is 12.0 Å². The van der Waals surface area contributed by atoms with Crippen molar-refractivity contribution in [3.05, 3.63) is 57.8 Å². The molecule has 0 saturated carbocycles. The Morgan fingerprint density at radius 2 is 2.00 bits per heavy atom. The Bertz CT molecular complexity index is 517. The third-order valence-corrected chi connectivity index (χ3v) is 3.56. The third kappa shape index (κ3) is 3.70. The molecule has 4 heteroatoms. The Hall–Kier alpha value is -1.55. The molecule has 0 fully saturated rings. The van der Waals surface area contributed by atoms with Gasteiger partial charge in [0.2, 0.25) is 0 Å². The summed E-state index contributed by atoms with van der Waals surface area (Å²) < 4.78 is 11.3. The molecule has 2 rings (SSSR count). The average molecular weight is 323 g/mol. The molecule has 0 unspecified atom stereocenters. The molecule has 100 valence electrons. The maximum Gasteiger partial charge on any atom is 0.333 e. The van der Waals surface area contributed by atoms with Gasteiger partial charge in [-0.25, -0.2) is 4.79 Å². The molecule has 0 bridgehead atoms. The number of hydrogen-bond donors (Lipinski definition) is 0. The summed E-state index contributed by atoms with van der Waals surface area (Å²) in [6, 6.07) is 9.99. The Balaban J connectivity index is 2.01. The van der Waals surface area contributed by atoms with Crippen molar-refractivity contribution < 1.29 is 14.3 Å². The molecule has 0 saturated heterocycles. The van der Waals surface area contributed by atoms with Crippen LogP contribution in [0.3, 0.4) is 0 Å². The molecule has 0 atom stereocenters. The number of carbonyl (C=O) groups excluding carboxylic acids is 1. The lowest BCUT2D eigenvalue weighted by Gasteiger charge is -2.17. The van der Waals surface area contributed by atoms with Crippen LogP contribution in [-0.4, -0.2) is 13.1 Å². The number of halogens is 1. The number of rotatable bonds is 4. The number of methoxy groups -OCH3 is 1. The van der Waals surface area contributed by atoms with Crippen molar-refractivity contribution in [3.63, 3.8) is 0 Å². The van der Waals surface area contributed by atoms with Crippen LogP contribution < -0.4 is 0 Å². The Morgan fingerprint density at radius 1 is 1.26 bits per heavy atom. The Morgan fingerprint density at radius 3 is 2.63 bits per heavy atom. The number of allylic oxidation sites excluding steroid dienone is 3. The predicted octanol–water partition coefficient (Wildman–Crippen LogP) is 3.70. The lowest BCUT2D eigenvalue weighted by Crippen LogP contribution is -2.09. The molecule has 1 aromatic rings. The molecule has 1 aromatic carbocycles. The van der Waals surface area contributed by atoms with Crippen LogP contribution in [0.1, 0.15) is 18.4 Å². The summed E-state index contributed by atoms with van der Waals surface area (Å²) in [4.78, 5) is 11.4. The van der Waals surface area contributed by atoms with E-state index in [2.05, 4.69) is 15.9 Å². The van der Waals surface area contributed by atoms with Crippen molar-refractivity contribution in [2.75, 3.05) is 7.11 Å². The molecular weight excluding hydrogens is 308 g/mol. The number of ether oxygens (including phenoxy) is 2. The van der Waals surface area contributed by atoms with E-state index in [0.717, 1.165) is 15.8 Å². The number of benzene rings is 1. The van der Waals surface area contributed by atoms with Crippen LogP contribution in [0.5, 0.6) is 0 Å². The fraction of sp³-hybridized carbons (Fsp3) is 0.267. The highest BCUT2D eigenvalue weighted by Gasteiger charge is 2.18. The van der Waals surface area contributed by atoms with Crippen molar-refractivity contribution in [2.45, 2.75) is 19.4 Å². The second-order valence-corrected chi connectivity index (χ2v) is 5.06. The van der Waals surface area contributed by atoms with Crippen molar-refractivity contribution in [3.8, 4) is 0 Å². The quantitative estimate of drug-likeness (QED) is 0.793. The van der Waals surface area contributed by atoms with E-state index in [9.17, 15) is 4.79 Å². The van der Waals surface area contributed by atoms with Gasteiger partial charge in [-0.3, -0.25) is 0 Å². The van der Waals surface area contributed by atoms with E-state index in [0.29, 0.717) is 25.0 Å². The van der Waals surface area contributed by atoms with Gasteiger partial charge in [-0.05, 0) is 34.0 Å². The Labute approximate surface area is 121 Å². The van der Waals surface area contributed by atoms with E-state index < -0.39 is 0 Å². The predicted molar refractivity (Wildman–Crippen MR) is 76.5 cm³/mol. The van der Waals surface area contributed by atoms with E-state index in [1.54, 1.807) is 6.08 Å². The molecule has 0 N–H and O–H groups in total. The maximum atomic E-state index is 11.4. The molecule has 0 amide bonds. The molecule has 1 aliphatic rings. The molecular formula is C15H15BrO3. The highest BCUT2D eigenvalue weighted by molar-refractivity contribution is 9.11. The topological polar surface area (TPSA) is 35.5 Å². The summed E-state index contributed by atoms with van der Waals surface area (Å²) in [6.07, 6.45) is 3.12. The normalized spacial score (nSPS) is 14.9. The first-order valence-electron chi connectivity index (χ1n) is 6.05. The molecule has 1 aliphatic carbocycles. The summed E-state index contributed by atoms with van der Waals surface area (Å²) in [5.41, 5.74) is 1.79. The van der Waals surface area contributed by atoms with E-state index in [1.807, 2.05) is 30.3 Å². The van der Waals surface area contributed by atoms with Crippen LogP contribution in [0.4, 0.5) is 0 Å². The molecule has 0 aliphatic heterocycles. The van der Waals surface area contributed by atoms with Gasteiger partial charge in [0.05, 0.1) is 11.6 Å². The lowest BCUT2D eigenvalue weighted by molar-refractivity contribution is -0.136. The largest absolute Gasteiger partial charge is 0.492 e. The van der Waals surface area contributed by atoms with Crippen LogP contribution in [0.25, 0.3) is 0 Å². The summed E-state index contributed by atoms with van der Waals surface area (Å²) >= 11 is 3.44. The molecule has 0 radical (unpaired) electrons. The summed E-state index contributed by atoms with van der Waals surface area (Å²) in [6.45, 7) is 0.534. The second-order valence-electron chi connectivity index (χ2n) is 4.21. The standard InChI is InChI=1S/C15H15BrO3/c1-18-15(17)12-7-8-14(13(16)9-12)19-10-11-5-3-2-4-6-11/h2-6,9H,7-8,10H2,1H3. The number of esters is 1. The van der Waals surface area contributed by atoms with E-state index in [1.165, 1.54) is 7.11 Å². The zero-order valence-electron chi connectivity index (χ0n) is 10.7. The average Bonchev–Trinajstić information content (AvgIpc) is 2.46. The minimum Gasteiger partial charge on any atom is -0.492 e. The first kappa shape index (κ1) is 13.9. The van der Waals surface area contributed by atoms with Crippen LogP contribution in [-0.2, 0) is 20.9 Å². The highest BCUT2D eigenvalue weighted by atomic mass is 79.9. The maximum absolute atomic E-state index is 11.4. The third-order valence-electron chi connectivity index (χ3n) is 2.89. The zero-order valence-corrected chi connectivity index (χ0v) is 12.3. The highest BCUT2D eigenvalue weighted by Crippen LogP contribution is 2.29. The van der Waals surface area contributed by atoms with Crippen LogP contribution in [0, 0.1) is 0 Å². The molecule has 3 nitrogen and oxygen atoms in total. The molecule has 0 spiro atoms. The Kier molecular flexibility index (Phi) is 4.80. The first-order chi connectivity index (χ1) is 9.20. The minimum absolute atomic E-state index is 0.279. The van der Waals surface area contributed by atoms with Gasteiger partial charge in [-0.1, -0.05) is 30.3 Å². The SMILES string of the molecule is COC(=O)C1=CC(Br)=C(OCc2ccccc2)CC1. The monoisotopic (exact) mass is 322 g/mol. The zero-order chi connectivity index (χ0) is 13.7. The van der Waals surface area contributed by atoms with Crippen molar-refractivity contribution in [1.29, 1.82) is 0 Å². The molecule has 19 heavy (non-hydrogen) atoms. The minimum atomic E-state index is -0.279. The van der Waals surface area contributed by atoms with E-state index >= 15 is 0 Å². The number of hydrogen-bond acceptors (Lipinski definition) is 3. The second kappa shape index (κ2) is 6.57. The fourth-order valence-corrected chi connectivity index (χ4v) is 2.44. The van der Waals surface area contributed by atoms with Gasteiger partial charge in [-0.15, -0.1) is 0 Å². The smallest absolute Gasteiger partial charge is 0.333 e. The van der Waals surface area contributed by atoms with Gasteiger partial charge in [0.15, 0.2) is 0 Å². The van der Waals surface area contributed by atoms with Gasteiger partial charge in [0.25, 0.3) is 0 Å². The molecule has 0 heterocycles.